The Labute approximate surface area is 118 Å². The zero-order valence-corrected chi connectivity index (χ0v) is 13.7. The molecule has 0 amide bonds. The predicted octanol–water partition coefficient (Wildman–Crippen LogP) is 4.59. The lowest BCUT2D eigenvalue weighted by molar-refractivity contribution is 0.525. The average molecular weight is 257 g/mol. The van der Waals surface area contributed by atoms with Gasteiger partial charge in [0.25, 0.3) is 0 Å². The van der Waals surface area contributed by atoms with Gasteiger partial charge in [-0.1, -0.05) is 47.5 Å². The Kier molecular flexibility index (Phi) is 3.88. The molecule has 0 bridgehead atoms. The van der Waals surface area contributed by atoms with E-state index in [4.69, 9.17) is 11.4 Å². The van der Waals surface area contributed by atoms with Crippen molar-refractivity contribution in [2.75, 3.05) is 0 Å². The molecule has 0 N–H and O–H groups in total. The summed E-state index contributed by atoms with van der Waals surface area (Å²) in [5.41, 5.74) is 3.20. The van der Waals surface area contributed by atoms with E-state index in [1.165, 1.54) is 5.56 Å². The van der Waals surface area contributed by atoms with Gasteiger partial charge in [0.05, 0.1) is 5.41 Å². The number of terminal acetylenes is 1. The van der Waals surface area contributed by atoms with Crippen LogP contribution in [0, 0.1) is 12.3 Å². The Bertz CT molecular complexity index is 470. The highest BCUT2D eigenvalue weighted by atomic mass is 14.8. The summed E-state index contributed by atoms with van der Waals surface area (Å²) in [6.45, 7) is 17.3. The van der Waals surface area contributed by atoms with Gasteiger partial charge in [0, 0.05) is 22.2 Å². The van der Waals surface area contributed by atoms with Crippen LogP contribution in [0.25, 0.3) is 0 Å². The molecule has 0 spiro atoms. The van der Waals surface area contributed by atoms with E-state index in [2.05, 4.69) is 73.4 Å². The largest absolute Gasteiger partial charge is 0.257 e. The molecule has 0 unspecified atom stereocenters. The van der Waals surface area contributed by atoms with E-state index < -0.39 is 0 Å². The Morgan fingerprint density at radius 2 is 1.21 bits per heavy atom. The van der Waals surface area contributed by atoms with E-state index in [0.717, 1.165) is 11.4 Å². The van der Waals surface area contributed by atoms with Crippen molar-refractivity contribution < 1.29 is 0 Å². The minimum Gasteiger partial charge on any atom is -0.257 e. The SMILES string of the molecule is C#CC(C)(C)c1cc(C(C)(C)C)nc(C(C)(C)C)c1. The normalized spacial score (nSPS) is 13.2. The fourth-order valence-electron chi connectivity index (χ4n) is 1.74. The Hall–Kier alpha value is -1.29. The zero-order chi connectivity index (χ0) is 15.1. The molecular formula is C18H27N. The first-order chi connectivity index (χ1) is 8.38. The standard InChI is InChI=1S/C18H27N/c1-10-18(8,9)13-11-14(16(2,3)4)19-15(12-13)17(5,6)7/h1,11-12H,2-9H3. The van der Waals surface area contributed by atoms with Gasteiger partial charge in [0.2, 0.25) is 0 Å². The van der Waals surface area contributed by atoms with E-state index in [9.17, 15) is 0 Å². The molecule has 0 aliphatic carbocycles. The van der Waals surface area contributed by atoms with Crippen molar-refractivity contribution in [2.24, 2.45) is 0 Å². The number of pyridine rings is 1. The molecule has 1 heterocycles. The minimum atomic E-state index is -0.261. The second-order valence-corrected chi connectivity index (χ2v) is 7.90. The van der Waals surface area contributed by atoms with Gasteiger partial charge < -0.3 is 0 Å². The second-order valence-electron chi connectivity index (χ2n) is 7.90. The molecule has 0 aliphatic rings. The van der Waals surface area contributed by atoms with Crippen LogP contribution < -0.4 is 0 Å². The molecular weight excluding hydrogens is 230 g/mol. The molecule has 0 saturated heterocycles. The van der Waals surface area contributed by atoms with E-state index in [1.54, 1.807) is 0 Å². The van der Waals surface area contributed by atoms with Gasteiger partial charge in [-0.3, -0.25) is 4.98 Å². The predicted molar refractivity (Wildman–Crippen MR) is 83.5 cm³/mol. The molecule has 1 aromatic rings. The van der Waals surface area contributed by atoms with Crippen molar-refractivity contribution >= 4 is 0 Å². The number of hydrogen-bond acceptors (Lipinski definition) is 1. The van der Waals surface area contributed by atoms with Crippen LogP contribution in [0.4, 0.5) is 0 Å². The summed E-state index contributed by atoms with van der Waals surface area (Å²) in [6, 6.07) is 4.32. The van der Waals surface area contributed by atoms with Crippen LogP contribution in [-0.4, -0.2) is 4.98 Å². The lowest BCUT2D eigenvalue weighted by atomic mass is 9.80. The highest BCUT2D eigenvalue weighted by Crippen LogP contribution is 2.31. The third-order valence-corrected chi connectivity index (χ3v) is 3.44. The molecule has 0 atom stereocenters. The molecule has 0 aromatic carbocycles. The van der Waals surface area contributed by atoms with Crippen molar-refractivity contribution in [3.8, 4) is 12.3 Å². The number of rotatable bonds is 1. The summed E-state index contributed by atoms with van der Waals surface area (Å²) in [7, 11) is 0. The summed E-state index contributed by atoms with van der Waals surface area (Å²) < 4.78 is 0. The first-order valence-corrected chi connectivity index (χ1v) is 6.89. The monoisotopic (exact) mass is 257 g/mol. The molecule has 1 heteroatoms. The van der Waals surface area contributed by atoms with Gasteiger partial charge in [-0.25, -0.2) is 0 Å². The maximum atomic E-state index is 5.69. The van der Waals surface area contributed by atoms with Crippen LogP contribution in [-0.2, 0) is 16.2 Å². The Morgan fingerprint density at radius 1 is 0.842 bits per heavy atom. The molecule has 1 nitrogen and oxygen atoms in total. The zero-order valence-electron chi connectivity index (χ0n) is 13.7. The minimum absolute atomic E-state index is 0.0285. The second kappa shape index (κ2) is 4.67. The molecule has 0 fully saturated rings. The maximum Gasteiger partial charge on any atom is 0.0505 e. The maximum absolute atomic E-state index is 5.69. The molecule has 104 valence electrons. The van der Waals surface area contributed by atoms with Crippen LogP contribution in [0.5, 0.6) is 0 Å². The third-order valence-electron chi connectivity index (χ3n) is 3.44. The van der Waals surface area contributed by atoms with E-state index >= 15 is 0 Å². The van der Waals surface area contributed by atoms with E-state index in [-0.39, 0.29) is 16.2 Å². The number of nitrogens with zero attached hydrogens (tertiary/aromatic N) is 1. The van der Waals surface area contributed by atoms with Gasteiger partial charge in [-0.05, 0) is 31.5 Å². The number of aromatic nitrogens is 1. The van der Waals surface area contributed by atoms with E-state index in [0.29, 0.717) is 0 Å². The van der Waals surface area contributed by atoms with Crippen LogP contribution >= 0.6 is 0 Å². The summed E-state index contributed by atoms with van der Waals surface area (Å²) >= 11 is 0. The van der Waals surface area contributed by atoms with Gasteiger partial charge in [0.15, 0.2) is 0 Å². The van der Waals surface area contributed by atoms with Crippen LogP contribution in [0.15, 0.2) is 12.1 Å². The summed E-state index contributed by atoms with van der Waals surface area (Å²) in [4.78, 5) is 4.86. The van der Waals surface area contributed by atoms with Crippen LogP contribution in [0.1, 0.15) is 72.3 Å². The molecule has 0 radical (unpaired) electrons. The quantitative estimate of drug-likeness (QED) is 0.671. The summed E-state index contributed by atoms with van der Waals surface area (Å²) in [5.74, 6) is 2.89. The fourth-order valence-corrected chi connectivity index (χ4v) is 1.74. The van der Waals surface area contributed by atoms with Crippen molar-refractivity contribution in [3.63, 3.8) is 0 Å². The highest BCUT2D eigenvalue weighted by Gasteiger charge is 2.26. The van der Waals surface area contributed by atoms with Crippen molar-refractivity contribution in [2.45, 2.75) is 71.6 Å². The van der Waals surface area contributed by atoms with Crippen LogP contribution in [0.2, 0.25) is 0 Å². The molecule has 1 aromatic heterocycles. The van der Waals surface area contributed by atoms with Crippen LogP contribution in [0.3, 0.4) is 0 Å². The lowest BCUT2D eigenvalue weighted by Gasteiger charge is -2.28. The summed E-state index contributed by atoms with van der Waals surface area (Å²) in [5, 5.41) is 0. The van der Waals surface area contributed by atoms with Gasteiger partial charge in [0.1, 0.15) is 0 Å². The first-order valence-electron chi connectivity index (χ1n) is 6.89. The molecule has 19 heavy (non-hydrogen) atoms. The van der Waals surface area contributed by atoms with E-state index in [1.807, 2.05) is 0 Å². The highest BCUT2D eigenvalue weighted by molar-refractivity contribution is 5.37. The smallest absolute Gasteiger partial charge is 0.0505 e. The number of hydrogen-bond donors (Lipinski definition) is 0. The fraction of sp³-hybridized carbons (Fsp3) is 0.611. The topological polar surface area (TPSA) is 12.9 Å². The summed E-state index contributed by atoms with van der Waals surface area (Å²) in [6.07, 6.45) is 5.69. The average Bonchev–Trinajstić information content (AvgIpc) is 2.26. The van der Waals surface area contributed by atoms with Crippen molar-refractivity contribution in [1.82, 2.24) is 4.98 Å². The molecule has 1 rings (SSSR count). The Balaban J connectivity index is 3.56. The van der Waals surface area contributed by atoms with Crippen molar-refractivity contribution in [3.05, 3.63) is 29.1 Å². The van der Waals surface area contributed by atoms with Gasteiger partial charge in [-0.2, -0.15) is 0 Å². The third kappa shape index (κ3) is 3.60. The Morgan fingerprint density at radius 3 is 1.47 bits per heavy atom. The first kappa shape index (κ1) is 15.8. The lowest BCUT2D eigenvalue weighted by Crippen LogP contribution is -2.23. The van der Waals surface area contributed by atoms with Gasteiger partial charge >= 0.3 is 0 Å². The molecule has 0 saturated carbocycles. The van der Waals surface area contributed by atoms with Crippen molar-refractivity contribution in [1.29, 1.82) is 0 Å². The molecule has 0 aliphatic heterocycles. The van der Waals surface area contributed by atoms with Gasteiger partial charge in [-0.15, -0.1) is 6.42 Å².